The average molecular weight is 168 g/mol. The fourth-order valence-electron chi connectivity index (χ4n) is 1.06. The van der Waals surface area contributed by atoms with Crippen LogP contribution in [0.15, 0.2) is 18.3 Å². The molecule has 3 heteroatoms. The first-order valence-electron chi connectivity index (χ1n) is 4.06. The Morgan fingerprint density at radius 3 is 3.00 bits per heavy atom. The van der Waals surface area contributed by atoms with E-state index in [-0.39, 0.29) is 0 Å². The predicted molar refractivity (Wildman–Crippen MR) is 46.4 cm³/mol. The minimum absolute atomic E-state index is 0.490. The van der Waals surface area contributed by atoms with Gasteiger partial charge in [0.05, 0.1) is 5.69 Å². The summed E-state index contributed by atoms with van der Waals surface area (Å²) in [6.07, 6.45) is 3.49. The van der Waals surface area contributed by atoms with E-state index >= 15 is 0 Å². The Labute approximate surface area is 71.6 Å². The zero-order valence-corrected chi connectivity index (χ0v) is 6.96. The third-order valence-electron chi connectivity index (χ3n) is 1.69. The largest absolute Gasteiger partial charge is 0.330 e. The maximum absolute atomic E-state index is 12.1. The summed E-state index contributed by atoms with van der Waals surface area (Å²) in [6, 6.07) is 3.68. The van der Waals surface area contributed by atoms with Gasteiger partial charge in [0.15, 0.2) is 0 Å². The van der Waals surface area contributed by atoms with Crippen LogP contribution >= 0.6 is 0 Å². The first-order chi connectivity index (χ1) is 5.86. The topological polar surface area (TPSA) is 38.9 Å². The van der Waals surface area contributed by atoms with E-state index in [1.807, 2.05) is 6.07 Å². The molecule has 0 aliphatic heterocycles. The molecule has 0 saturated heterocycles. The van der Waals surface area contributed by atoms with Crippen LogP contribution in [0.1, 0.15) is 17.7 Å². The van der Waals surface area contributed by atoms with E-state index in [0.29, 0.717) is 12.2 Å². The van der Waals surface area contributed by atoms with Gasteiger partial charge in [0.25, 0.3) is 0 Å². The van der Waals surface area contributed by atoms with Crippen molar-refractivity contribution in [2.24, 2.45) is 5.73 Å². The van der Waals surface area contributed by atoms with Gasteiger partial charge in [-0.25, -0.2) is 4.39 Å². The molecule has 0 saturated carbocycles. The van der Waals surface area contributed by atoms with Crippen LogP contribution < -0.4 is 5.73 Å². The third kappa shape index (κ3) is 2.58. The fourth-order valence-corrected chi connectivity index (χ4v) is 1.06. The molecule has 66 valence electrons. The smallest absolute Gasteiger partial charge is 0.131 e. The Bertz CT molecular complexity index is 238. The van der Waals surface area contributed by atoms with Crippen LogP contribution in [0, 0.1) is 0 Å². The van der Waals surface area contributed by atoms with E-state index in [1.165, 1.54) is 0 Å². The van der Waals surface area contributed by atoms with Crippen molar-refractivity contribution in [3.05, 3.63) is 29.6 Å². The molecule has 0 amide bonds. The normalized spacial score (nSPS) is 10.2. The number of aryl methyl sites for hydroxylation is 1. The number of nitrogens with zero attached hydrogens (tertiary/aromatic N) is 1. The molecule has 0 bridgehead atoms. The summed E-state index contributed by atoms with van der Waals surface area (Å²) in [6.45, 7) is 0.184. The maximum Gasteiger partial charge on any atom is 0.131 e. The van der Waals surface area contributed by atoms with Crippen molar-refractivity contribution >= 4 is 0 Å². The van der Waals surface area contributed by atoms with E-state index in [1.54, 1.807) is 12.3 Å². The number of hydrogen-bond donors (Lipinski definition) is 1. The summed E-state index contributed by atoms with van der Waals surface area (Å²) in [5.41, 5.74) is 6.98. The zero-order chi connectivity index (χ0) is 8.81. The van der Waals surface area contributed by atoms with Crippen LogP contribution in [0.5, 0.6) is 0 Å². The van der Waals surface area contributed by atoms with Gasteiger partial charge in [0.1, 0.15) is 6.67 Å². The lowest BCUT2D eigenvalue weighted by atomic mass is 10.1. The van der Waals surface area contributed by atoms with E-state index in [2.05, 4.69) is 4.98 Å². The molecule has 0 unspecified atom stereocenters. The number of hydrogen-bond acceptors (Lipinski definition) is 2. The highest BCUT2D eigenvalue weighted by molar-refractivity contribution is 5.15. The van der Waals surface area contributed by atoms with Gasteiger partial charge in [0.2, 0.25) is 0 Å². The SMILES string of the molecule is NCCCc1ccnc(CF)c1. The van der Waals surface area contributed by atoms with Crippen molar-refractivity contribution in [2.75, 3.05) is 6.54 Å². The lowest BCUT2D eigenvalue weighted by Gasteiger charge is -2.00. The van der Waals surface area contributed by atoms with Crippen molar-refractivity contribution < 1.29 is 4.39 Å². The van der Waals surface area contributed by atoms with Crippen LogP contribution in [0.2, 0.25) is 0 Å². The van der Waals surface area contributed by atoms with Crippen molar-refractivity contribution in [1.82, 2.24) is 4.98 Å². The van der Waals surface area contributed by atoms with Crippen molar-refractivity contribution in [2.45, 2.75) is 19.5 Å². The summed E-state index contributed by atoms with van der Waals surface area (Å²) >= 11 is 0. The highest BCUT2D eigenvalue weighted by Gasteiger charge is 1.95. The molecule has 1 rings (SSSR count). The number of halogens is 1. The summed E-state index contributed by atoms with van der Waals surface area (Å²) in [7, 11) is 0. The van der Waals surface area contributed by atoms with Crippen molar-refractivity contribution in [1.29, 1.82) is 0 Å². The summed E-state index contributed by atoms with van der Waals surface area (Å²) in [5, 5.41) is 0. The summed E-state index contributed by atoms with van der Waals surface area (Å²) in [5.74, 6) is 0. The highest BCUT2D eigenvalue weighted by Crippen LogP contribution is 2.05. The molecule has 0 aliphatic carbocycles. The summed E-state index contributed by atoms with van der Waals surface area (Å²) in [4.78, 5) is 3.86. The van der Waals surface area contributed by atoms with Crippen LogP contribution in [0.3, 0.4) is 0 Å². The molecular formula is C9H13FN2. The van der Waals surface area contributed by atoms with Gasteiger partial charge in [-0.3, -0.25) is 4.98 Å². The van der Waals surface area contributed by atoms with Gasteiger partial charge in [0, 0.05) is 6.20 Å². The lowest BCUT2D eigenvalue weighted by molar-refractivity contribution is 0.475. The van der Waals surface area contributed by atoms with Gasteiger partial charge in [-0.05, 0) is 37.1 Å². The third-order valence-corrected chi connectivity index (χ3v) is 1.69. The second-order valence-corrected chi connectivity index (χ2v) is 2.68. The molecule has 0 radical (unpaired) electrons. The Balaban J connectivity index is 2.60. The van der Waals surface area contributed by atoms with Gasteiger partial charge >= 0.3 is 0 Å². The monoisotopic (exact) mass is 168 g/mol. The standard InChI is InChI=1S/C9H13FN2/c10-7-9-6-8(2-1-4-11)3-5-12-9/h3,5-6H,1-2,4,7,11H2. The second-order valence-electron chi connectivity index (χ2n) is 2.68. The molecule has 0 aromatic carbocycles. The van der Waals surface area contributed by atoms with Gasteiger partial charge < -0.3 is 5.73 Å². The minimum Gasteiger partial charge on any atom is -0.330 e. The molecule has 1 heterocycles. The lowest BCUT2D eigenvalue weighted by Crippen LogP contribution is -2.00. The van der Waals surface area contributed by atoms with Crippen LogP contribution in [-0.2, 0) is 13.1 Å². The number of alkyl halides is 1. The quantitative estimate of drug-likeness (QED) is 0.738. The van der Waals surface area contributed by atoms with Gasteiger partial charge in [-0.2, -0.15) is 0 Å². The van der Waals surface area contributed by atoms with E-state index in [4.69, 9.17) is 5.73 Å². The number of nitrogens with two attached hydrogens (primary N) is 1. The Morgan fingerprint density at radius 1 is 1.50 bits per heavy atom. The molecular weight excluding hydrogens is 155 g/mol. The molecule has 0 aliphatic rings. The molecule has 2 N–H and O–H groups in total. The summed E-state index contributed by atoms with van der Waals surface area (Å²) < 4.78 is 12.1. The number of pyridine rings is 1. The van der Waals surface area contributed by atoms with E-state index in [0.717, 1.165) is 18.4 Å². The van der Waals surface area contributed by atoms with Crippen LogP contribution in [0.4, 0.5) is 4.39 Å². The Hall–Kier alpha value is -0.960. The molecule has 1 aromatic heterocycles. The number of rotatable bonds is 4. The molecule has 2 nitrogen and oxygen atoms in total. The predicted octanol–water partition coefficient (Wildman–Crippen LogP) is 1.44. The minimum atomic E-state index is -0.490. The maximum atomic E-state index is 12.1. The first-order valence-corrected chi connectivity index (χ1v) is 4.06. The molecule has 0 atom stereocenters. The fraction of sp³-hybridized carbons (Fsp3) is 0.444. The van der Waals surface area contributed by atoms with Crippen LogP contribution in [0.25, 0.3) is 0 Å². The number of aromatic nitrogens is 1. The highest BCUT2D eigenvalue weighted by atomic mass is 19.1. The Morgan fingerprint density at radius 2 is 2.33 bits per heavy atom. The van der Waals surface area contributed by atoms with Gasteiger partial charge in [-0.1, -0.05) is 0 Å². The molecule has 12 heavy (non-hydrogen) atoms. The van der Waals surface area contributed by atoms with Crippen molar-refractivity contribution in [3.8, 4) is 0 Å². The molecule has 0 spiro atoms. The van der Waals surface area contributed by atoms with E-state index < -0.39 is 6.67 Å². The molecule has 0 fully saturated rings. The van der Waals surface area contributed by atoms with E-state index in [9.17, 15) is 4.39 Å². The zero-order valence-electron chi connectivity index (χ0n) is 6.96. The Kier molecular flexibility index (Phi) is 3.67. The van der Waals surface area contributed by atoms with Crippen molar-refractivity contribution in [3.63, 3.8) is 0 Å². The first kappa shape index (κ1) is 9.13. The van der Waals surface area contributed by atoms with Crippen LogP contribution in [-0.4, -0.2) is 11.5 Å². The molecule has 1 aromatic rings. The van der Waals surface area contributed by atoms with Gasteiger partial charge in [-0.15, -0.1) is 0 Å². The second kappa shape index (κ2) is 4.83. The average Bonchev–Trinajstić information content (AvgIpc) is 2.15.